The molecule has 2 N–H and O–H groups in total. The second kappa shape index (κ2) is 12.0. The predicted molar refractivity (Wildman–Crippen MR) is 173 cm³/mol. The number of thiazole rings is 1. The van der Waals surface area contributed by atoms with Gasteiger partial charge in [-0.05, 0) is 71.3 Å². The van der Waals surface area contributed by atoms with Gasteiger partial charge in [0.2, 0.25) is 0 Å². The number of fused-ring (bicyclic) bond motifs is 2. The molecule has 1 amide bonds. The SMILES string of the molecule is CCc1cc2c(N3CCN(C(=O)OC(C)(C)C)CC3)nc(OC[C@@H]3CCCN3C)nc2c(F)c1-c1cccc2sc(N)nc12. The van der Waals surface area contributed by atoms with E-state index in [2.05, 4.69) is 26.8 Å². The standard InChI is InChI=1S/C32H40FN7O3S/c1-6-19-17-22-27(25(33)24(19)21-10-7-11-23-26(21)35-29(34)44-23)36-30(42-18-20-9-8-12-38(20)5)37-28(22)39-13-15-40(16-14-39)31(41)43-32(2,3)4/h7,10-11,17,20H,6,8-9,12-16,18H2,1-5H3,(H2,34,35)/t20-/m0/s1. The number of benzene rings is 2. The van der Waals surface area contributed by atoms with Gasteiger partial charge >= 0.3 is 12.1 Å². The monoisotopic (exact) mass is 621 g/mol. The van der Waals surface area contributed by atoms with Gasteiger partial charge in [0.25, 0.3) is 0 Å². The molecule has 2 fully saturated rings. The molecule has 2 aliphatic heterocycles. The van der Waals surface area contributed by atoms with E-state index in [0.717, 1.165) is 29.6 Å². The number of halogens is 1. The van der Waals surface area contributed by atoms with Gasteiger partial charge in [-0.3, -0.25) is 0 Å². The zero-order chi connectivity index (χ0) is 31.2. The van der Waals surface area contributed by atoms with E-state index in [1.54, 1.807) is 4.90 Å². The summed E-state index contributed by atoms with van der Waals surface area (Å²) < 4.78 is 29.6. The van der Waals surface area contributed by atoms with Gasteiger partial charge in [-0.2, -0.15) is 9.97 Å². The third-order valence-electron chi connectivity index (χ3n) is 8.37. The molecule has 4 heterocycles. The molecule has 0 saturated carbocycles. The minimum absolute atomic E-state index is 0.146. The summed E-state index contributed by atoms with van der Waals surface area (Å²) in [6.07, 6.45) is 2.40. The minimum atomic E-state index is -0.572. The van der Waals surface area contributed by atoms with Crippen molar-refractivity contribution in [1.82, 2.24) is 24.8 Å². The summed E-state index contributed by atoms with van der Waals surface area (Å²) in [7, 11) is 2.09. The van der Waals surface area contributed by atoms with Crippen LogP contribution in [0.5, 0.6) is 6.01 Å². The molecular formula is C32H40FN7O3S. The predicted octanol–water partition coefficient (Wildman–Crippen LogP) is 5.72. The largest absolute Gasteiger partial charge is 0.462 e. The van der Waals surface area contributed by atoms with Gasteiger partial charge < -0.3 is 29.9 Å². The summed E-state index contributed by atoms with van der Waals surface area (Å²) >= 11 is 1.38. The summed E-state index contributed by atoms with van der Waals surface area (Å²) in [5.74, 6) is 0.169. The summed E-state index contributed by atoms with van der Waals surface area (Å²) in [5.41, 5.74) is 8.34. The number of carbonyl (C=O) groups excluding carboxylic acids is 1. The van der Waals surface area contributed by atoms with Crippen molar-refractivity contribution < 1.29 is 18.7 Å². The number of rotatable bonds is 6. The molecule has 4 aromatic rings. The Kier molecular flexibility index (Phi) is 8.23. The number of aryl methyl sites for hydroxylation is 1. The van der Waals surface area contributed by atoms with Crippen LogP contribution in [0, 0.1) is 5.82 Å². The van der Waals surface area contributed by atoms with Crippen molar-refractivity contribution >= 4 is 49.5 Å². The van der Waals surface area contributed by atoms with Crippen molar-refractivity contribution in [2.75, 3.05) is 57.0 Å². The smallest absolute Gasteiger partial charge is 0.410 e. The summed E-state index contributed by atoms with van der Waals surface area (Å²) in [6, 6.07) is 8.13. The number of para-hydroxylation sites is 1. The van der Waals surface area contributed by atoms with Crippen LogP contribution in [0.3, 0.4) is 0 Å². The number of piperazine rings is 1. The Morgan fingerprint density at radius 2 is 1.89 bits per heavy atom. The molecule has 0 unspecified atom stereocenters. The lowest BCUT2D eigenvalue weighted by Gasteiger charge is -2.36. The fourth-order valence-corrected chi connectivity index (χ4v) is 6.84. The molecule has 1 atom stereocenters. The number of hydrogen-bond donors (Lipinski definition) is 1. The van der Waals surface area contributed by atoms with Crippen LogP contribution in [0.15, 0.2) is 24.3 Å². The number of anilines is 2. The molecule has 2 saturated heterocycles. The first kappa shape index (κ1) is 30.3. The number of ether oxygens (including phenoxy) is 2. The van der Waals surface area contributed by atoms with Crippen LogP contribution < -0.4 is 15.4 Å². The van der Waals surface area contributed by atoms with Gasteiger partial charge in [0.15, 0.2) is 10.9 Å². The van der Waals surface area contributed by atoms with E-state index in [-0.39, 0.29) is 23.7 Å². The first-order valence-corrected chi connectivity index (χ1v) is 16.1. The maximum Gasteiger partial charge on any atom is 0.410 e. The third kappa shape index (κ3) is 5.97. The van der Waals surface area contributed by atoms with Crippen LogP contribution >= 0.6 is 11.3 Å². The molecule has 2 aliphatic rings. The van der Waals surface area contributed by atoms with Gasteiger partial charge in [0.05, 0.1) is 10.2 Å². The van der Waals surface area contributed by atoms with Crippen molar-refractivity contribution in [3.05, 3.63) is 35.6 Å². The molecule has 234 valence electrons. The fourth-order valence-electron chi connectivity index (χ4n) is 6.07. The number of aromatic nitrogens is 3. The Balaban J connectivity index is 1.42. The van der Waals surface area contributed by atoms with E-state index in [1.807, 2.05) is 52.0 Å². The fraction of sp³-hybridized carbons (Fsp3) is 0.500. The van der Waals surface area contributed by atoms with E-state index in [9.17, 15) is 4.79 Å². The highest BCUT2D eigenvalue weighted by molar-refractivity contribution is 7.22. The van der Waals surface area contributed by atoms with Gasteiger partial charge in [0, 0.05) is 48.7 Å². The van der Waals surface area contributed by atoms with Crippen LogP contribution in [-0.2, 0) is 11.2 Å². The third-order valence-corrected chi connectivity index (χ3v) is 9.21. The van der Waals surface area contributed by atoms with E-state index >= 15 is 4.39 Å². The number of amides is 1. The summed E-state index contributed by atoms with van der Waals surface area (Å²) in [5, 5.41) is 1.05. The lowest BCUT2D eigenvalue weighted by molar-refractivity contribution is 0.0240. The van der Waals surface area contributed by atoms with Crippen molar-refractivity contribution in [1.29, 1.82) is 0 Å². The molecular weight excluding hydrogens is 581 g/mol. The van der Waals surface area contributed by atoms with Crippen molar-refractivity contribution in [3.8, 4) is 17.1 Å². The van der Waals surface area contributed by atoms with Gasteiger partial charge in [0.1, 0.15) is 23.5 Å². The maximum absolute atomic E-state index is 16.9. The molecule has 2 aromatic heterocycles. The Morgan fingerprint density at radius 1 is 1.11 bits per heavy atom. The highest BCUT2D eigenvalue weighted by Crippen LogP contribution is 2.40. The topological polar surface area (TPSA) is 110 Å². The number of likely N-dealkylation sites (N-methyl/N-ethyl adjacent to an activating group) is 1. The van der Waals surface area contributed by atoms with Crippen LogP contribution in [0.1, 0.15) is 46.1 Å². The number of nitrogens with two attached hydrogens (primary N) is 1. The van der Waals surface area contributed by atoms with E-state index < -0.39 is 11.4 Å². The first-order valence-electron chi connectivity index (χ1n) is 15.3. The van der Waals surface area contributed by atoms with E-state index in [0.29, 0.717) is 72.2 Å². The molecule has 2 aromatic carbocycles. The van der Waals surface area contributed by atoms with Crippen LogP contribution in [0.25, 0.3) is 32.2 Å². The average molecular weight is 622 g/mol. The van der Waals surface area contributed by atoms with Crippen molar-refractivity contribution in [2.45, 2.75) is 58.6 Å². The first-order chi connectivity index (χ1) is 21.0. The number of likely N-dealkylation sites (tertiary alicyclic amines) is 1. The Hall–Kier alpha value is -3.77. The summed E-state index contributed by atoms with van der Waals surface area (Å²) in [4.78, 5) is 32.8. The minimum Gasteiger partial charge on any atom is -0.462 e. The number of nitrogen functional groups attached to an aromatic ring is 1. The van der Waals surface area contributed by atoms with Crippen LogP contribution in [-0.4, -0.2) is 88.9 Å². The summed E-state index contributed by atoms with van der Waals surface area (Å²) in [6.45, 7) is 11.0. The Bertz CT molecular complexity index is 1700. The molecule has 0 bridgehead atoms. The Morgan fingerprint density at radius 3 is 2.57 bits per heavy atom. The average Bonchev–Trinajstić information content (AvgIpc) is 3.58. The second-order valence-corrected chi connectivity index (χ2v) is 13.6. The molecule has 10 nitrogen and oxygen atoms in total. The molecule has 0 spiro atoms. The number of carbonyl (C=O) groups is 1. The highest BCUT2D eigenvalue weighted by atomic mass is 32.1. The molecule has 6 rings (SSSR count). The van der Waals surface area contributed by atoms with Crippen molar-refractivity contribution in [2.24, 2.45) is 0 Å². The van der Waals surface area contributed by atoms with Gasteiger partial charge in [-0.25, -0.2) is 14.2 Å². The quantitative estimate of drug-likeness (QED) is 0.289. The van der Waals surface area contributed by atoms with Crippen LogP contribution in [0.2, 0.25) is 0 Å². The second-order valence-electron chi connectivity index (χ2n) is 12.6. The molecule has 44 heavy (non-hydrogen) atoms. The zero-order valence-corrected chi connectivity index (χ0v) is 26.8. The normalized spacial score (nSPS) is 18.0. The molecule has 0 aliphatic carbocycles. The van der Waals surface area contributed by atoms with E-state index in [4.69, 9.17) is 20.2 Å². The van der Waals surface area contributed by atoms with Crippen LogP contribution in [0.4, 0.5) is 20.1 Å². The molecule has 0 radical (unpaired) electrons. The zero-order valence-electron chi connectivity index (χ0n) is 26.0. The van der Waals surface area contributed by atoms with Gasteiger partial charge in [-0.15, -0.1) is 0 Å². The van der Waals surface area contributed by atoms with Crippen molar-refractivity contribution in [3.63, 3.8) is 0 Å². The Labute approximate surface area is 261 Å². The lowest BCUT2D eigenvalue weighted by atomic mass is 9.94. The van der Waals surface area contributed by atoms with E-state index in [1.165, 1.54) is 11.3 Å². The highest BCUT2D eigenvalue weighted by Gasteiger charge is 2.30. The number of hydrogen-bond acceptors (Lipinski definition) is 10. The lowest BCUT2D eigenvalue weighted by Crippen LogP contribution is -2.50. The molecule has 12 heteroatoms. The maximum atomic E-state index is 16.9. The number of nitrogens with zero attached hydrogens (tertiary/aromatic N) is 6. The van der Waals surface area contributed by atoms with Gasteiger partial charge in [-0.1, -0.05) is 30.4 Å².